The Hall–Kier alpha value is -3.71. The Labute approximate surface area is 180 Å². The van der Waals surface area contributed by atoms with E-state index in [-0.39, 0.29) is 12.0 Å². The lowest BCUT2D eigenvalue weighted by Gasteiger charge is -2.24. The third kappa shape index (κ3) is 4.27. The summed E-state index contributed by atoms with van der Waals surface area (Å²) in [6, 6.07) is 21.9. The van der Waals surface area contributed by atoms with E-state index >= 15 is 0 Å². The van der Waals surface area contributed by atoms with Gasteiger partial charge in [0, 0.05) is 50.2 Å². The van der Waals surface area contributed by atoms with E-state index in [4.69, 9.17) is 4.74 Å². The van der Waals surface area contributed by atoms with Gasteiger partial charge in [-0.3, -0.25) is 9.69 Å². The molecule has 5 rings (SSSR count). The quantitative estimate of drug-likeness (QED) is 0.544. The van der Waals surface area contributed by atoms with Gasteiger partial charge >= 0.3 is 0 Å². The van der Waals surface area contributed by atoms with Crippen LogP contribution in [-0.2, 0) is 6.54 Å². The van der Waals surface area contributed by atoms with E-state index < -0.39 is 0 Å². The number of amides is 1. The number of fused-ring (bicyclic) bond motifs is 2. The van der Waals surface area contributed by atoms with E-state index in [9.17, 15) is 4.79 Å². The van der Waals surface area contributed by atoms with Gasteiger partial charge in [0.15, 0.2) is 11.3 Å². The van der Waals surface area contributed by atoms with Crippen molar-refractivity contribution in [2.75, 3.05) is 19.6 Å². The van der Waals surface area contributed by atoms with Crippen LogP contribution in [0.2, 0.25) is 0 Å². The van der Waals surface area contributed by atoms with Crippen molar-refractivity contribution in [2.45, 2.75) is 12.6 Å². The van der Waals surface area contributed by atoms with Gasteiger partial charge in [0.2, 0.25) is 0 Å². The first-order valence-electron chi connectivity index (χ1n) is 10.4. The topological polar surface area (TPSA) is 71.8 Å². The van der Waals surface area contributed by atoms with E-state index in [1.165, 1.54) is 0 Å². The average Bonchev–Trinajstić information content (AvgIpc) is 3.15. The number of nitrogens with zero attached hydrogens (tertiary/aromatic N) is 4. The molecule has 2 aromatic carbocycles. The number of nitrogens with one attached hydrogen (secondary N) is 1. The van der Waals surface area contributed by atoms with Gasteiger partial charge < -0.3 is 10.1 Å². The average molecular weight is 413 g/mol. The molecule has 0 saturated carbocycles. The lowest BCUT2D eigenvalue weighted by molar-refractivity contribution is 0.0938. The predicted octanol–water partition coefficient (Wildman–Crippen LogP) is 3.10. The number of benzene rings is 2. The molecule has 0 unspecified atom stereocenters. The van der Waals surface area contributed by atoms with E-state index in [0.29, 0.717) is 24.4 Å². The van der Waals surface area contributed by atoms with Crippen molar-refractivity contribution in [1.82, 2.24) is 24.8 Å². The number of aromatic nitrogens is 3. The van der Waals surface area contributed by atoms with Gasteiger partial charge in [-0.15, -0.1) is 0 Å². The third-order valence-corrected chi connectivity index (χ3v) is 5.41. The van der Waals surface area contributed by atoms with Gasteiger partial charge in [-0.05, 0) is 17.7 Å². The van der Waals surface area contributed by atoms with E-state index in [2.05, 4.69) is 38.5 Å². The molecule has 0 spiro atoms. The highest BCUT2D eigenvalue weighted by Gasteiger charge is 2.24. The molecule has 1 aliphatic heterocycles. The summed E-state index contributed by atoms with van der Waals surface area (Å²) in [5.74, 6) is 0.719. The van der Waals surface area contributed by atoms with Crippen molar-refractivity contribution in [1.29, 1.82) is 0 Å². The summed E-state index contributed by atoms with van der Waals surface area (Å²) in [5, 5.41) is 7.26. The summed E-state index contributed by atoms with van der Waals surface area (Å²) in [6.07, 6.45) is 3.39. The van der Waals surface area contributed by atoms with E-state index in [0.717, 1.165) is 30.0 Å². The van der Waals surface area contributed by atoms with Crippen LogP contribution in [-0.4, -0.2) is 45.0 Å². The SMILES string of the molecule is O=C(NCCN1Cc2ccccc2O[C@@H](c2ccccc2)C1)c1cc2ncccn2n1. The second-order valence-corrected chi connectivity index (χ2v) is 7.57. The zero-order valence-electron chi connectivity index (χ0n) is 17.0. The van der Waals surface area contributed by atoms with Crippen LogP contribution >= 0.6 is 0 Å². The molecule has 0 aliphatic carbocycles. The van der Waals surface area contributed by atoms with Crippen molar-refractivity contribution in [3.63, 3.8) is 0 Å². The van der Waals surface area contributed by atoms with E-state index in [1.54, 1.807) is 29.0 Å². The summed E-state index contributed by atoms with van der Waals surface area (Å²) < 4.78 is 7.95. The first-order valence-corrected chi connectivity index (χ1v) is 10.4. The zero-order valence-corrected chi connectivity index (χ0v) is 17.0. The first kappa shape index (κ1) is 19.3. The van der Waals surface area contributed by atoms with Crippen LogP contribution in [0, 0.1) is 0 Å². The summed E-state index contributed by atoms with van der Waals surface area (Å²) in [6.45, 7) is 2.74. The number of carbonyl (C=O) groups excluding carboxylic acids is 1. The number of hydrogen-bond donors (Lipinski definition) is 1. The van der Waals surface area contributed by atoms with Gasteiger partial charge in [-0.1, -0.05) is 48.5 Å². The molecule has 1 aliphatic rings. The van der Waals surface area contributed by atoms with E-state index in [1.807, 2.05) is 36.4 Å². The highest BCUT2D eigenvalue weighted by molar-refractivity contribution is 5.93. The molecule has 3 heterocycles. The second kappa shape index (κ2) is 8.57. The molecular formula is C24H23N5O2. The molecule has 1 N–H and O–H groups in total. The molecule has 31 heavy (non-hydrogen) atoms. The Morgan fingerprint density at radius 1 is 1.10 bits per heavy atom. The molecule has 1 amide bonds. The highest BCUT2D eigenvalue weighted by atomic mass is 16.5. The molecular weight excluding hydrogens is 390 g/mol. The molecule has 0 fully saturated rings. The maximum absolute atomic E-state index is 12.6. The van der Waals surface area contributed by atoms with Crippen LogP contribution in [0.3, 0.4) is 0 Å². The Morgan fingerprint density at radius 3 is 2.81 bits per heavy atom. The number of hydrogen-bond acceptors (Lipinski definition) is 5. The molecule has 0 saturated heterocycles. The predicted molar refractivity (Wildman–Crippen MR) is 117 cm³/mol. The Kier molecular flexibility index (Phi) is 5.33. The van der Waals surface area contributed by atoms with Crippen molar-refractivity contribution in [2.24, 2.45) is 0 Å². The molecule has 7 nitrogen and oxygen atoms in total. The minimum absolute atomic E-state index is 0.0648. The minimum atomic E-state index is -0.198. The molecule has 2 aromatic heterocycles. The number of para-hydroxylation sites is 1. The van der Waals surface area contributed by atoms with Crippen LogP contribution in [0.15, 0.2) is 79.1 Å². The molecule has 4 aromatic rings. The van der Waals surface area contributed by atoms with Gasteiger partial charge in [0.05, 0.1) is 0 Å². The van der Waals surface area contributed by atoms with Gasteiger partial charge in [-0.25, -0.2) is 9.50 Å². The number of rotatable bonds is 5. The standard InChI is InChI=1S/C24H23N5O2/c30-24(20-15-23-25-11-6-13-29(23)27-20)26-12-14-28-16-19-9-4-5-10-21(19)31-22(17-28)18-7-2-1-3-8-18/h1-11,13,15,22H,12,14,16-17H2,(H,26,30)/t22-/m1/s1. The lowest BCUT2D eigenvalue weighted by Crippen LogP contribution is -2.36. The fourth-order valence-corrected chi connectivity index (χ4v) is 3.85. The van der Waals surface area contributed by atoms with Crippen molar-refractivity contribution in [3.05, 3.63) is 95.9 Å². The van der Waals surface area contributed by atoms with Gasteiger partial charge in [0.1, 0.15) is 11.9 Å². The fourth-order valence-electron chi connectivity index (χ4n) is 3.85. The second-order valence-electron chi connectivity index (χ2n) is 7.57. The Morgan fingerprint density at radius 2 is 1.94 bits per heavy atom. The highest BCUT2D eigenvalue weighted by Crippen LogP contribution is 2.30. The number of carbonyl (C=O) groups is 1. The number of ether oxygens (including phenoxy) is 1. The maximum Gasteiger partial charge on any atom is 0.271 e. The third-order valence-electron chi connectivity index (χ3n) is 5.41. The molecule has 0 radical (unpaired) electrons. The summed E-state index contributed by atoms with van der Waals surface area (Å²) in [4.78, 5) is 19.1. The minimum Gasteiger partial charge on any atom is -0.484 e. The molecule has 0 bridgehead atoms. The van der Waals surface area contributed by atoms with Crippen LogP contribution < -0.4 is 10.1 Å². The molecule has 156 valence electrons. The summed E-state index contributed by atoms with van der Waals surface area (Å²) in [7, 11) is 0. The maximum atomic E-state index is 12.6. The lowest BCUT2D eigenvalue weighted by atomic mass is 10.1. The molecule has 1 atom stereocenters. The van der Waals surface area contributed by atoms with Crippen molar-refractivity contribution in [3.8, 4) is 5.75 Å². The van der Waals surface area contributed by atoms with Gasteiger partial charge in [0.25, 0.3) is 5.91 Å². The molecule has 7 heteroatoms. The zero-order chi connectivity index (χ0) is 21.0. The summed E-state index contributed by atoms with van der Waals surface area (Å²) >= 11 is 0. The normalized spacial score (nSPS) is 16.3. The summed E-state index contributed by atoms with van der Waals surface area (Å²) in [5.41, 5.74) is 3.31. The Bertz CT molecular complexity index is 1160. The first-order chi connectivity index (χ1) is 15.3. The van der Waals surface area contributed by atoms with Crippen LogP contribution in [0.5, 0.6) is 5.75 Å². The smallest absolute Gasteiger partial charge is 0.271 e. The van der Waals surface area contributed by atoms with Crippen LogP contribution in [0.1, 0.15) is 27.7 Å². The van der Waals surface area contributed by atoms with Gasteiger partial charge in [-0.2, -0.15) is 5.10 Å². The monoisotopic (exact) mass is 413 g/mol. The van der Waals surface area contributed by atoms with Crippen LogP contribution in [0.4, 0.5) is 0 Å². The Balaban J connectivity index is 1.27. The largest absolute Gasteiger partial charge is 0.484 e. The van der Waals surface area contributed by atoms with Crippen molar-refractivity contribution < 1.29 is 9.53 Å². The fraction of sp³-hybridized carbons (Fsp3) is 0.208. The van der Waals surface area contributed by atoms with Crippen LogP contribution in [0.25, 0.3) is 5.65 Å². The van der Waals surface area contributed by atoms with Crippen molar-refractivity contribution >= 4 is 11.6 Å².